The van der Waals surface area contributed by atoms with Crippen LogP contribution in [0.1, 0.15) is 52.4 Å². The average molecular weight is 519 g/mol. The van der Waals surface area contributed by atoms with Gasteiger partial charge in [0, 0.05) is 17.4 Å². The maximum absolute atomic E-state index is 14.5. The number of alkyl halides is 9. The van der Waals surface area contributed by atoms with E-state index in [4.69, 9.17) is 0 Å². The molecule has 3 saturated carbocycles. The average Bonchev–Trinajstić information content (AvgIpc) is 3.09. The molecule has 0 aromatic carbocycles. The van der Waals surface area contributed by atoms with Crippen molar-refractivity contribution in [3.8, 4) is 0 Å². The Morgan fingerprint density at radius 1 is 0.886 bits per heavy atom. The van der Waals surface area contributed by atoms with Gasteiger partial charge in [-0.25, -0.2) is 0 Å². The summed E-state index contributed by atoms with van der Waals surface area (Å²) in [5.74, 6) is -25.2. The van der Waals surface area contributed by atoms with Gasteiger partial charge in [-0.15, -0.1) is 0 Å². The summed E-state index contributed by atoms with van der Waals surface area (Å²) in [5, 5.41) is 2.93. The van der Waals surface area contributed by atoms with Gasteiger partial charge < -0.3 is 5.32 Å². The van der Waals surface area contributed by atoms with Gasteiger partial charge in [-0.3, -0.25) is 9.59 Å². The Balaban J connectivity index is 1.62. The summed E-state index contributed by atoms with van der Waals surface area (Å²) in [4.78, 5) is 24.4. The summed E-state index contributed by atoms with van der Waals surface area (Å²) in [6.45, 7) is 3.45. The lowest BCUT2D eigenvalue weighted by Gasteiger charge is -2.58. The maximum atomic E-state index is 14.5. The van der Waals surface area contributed by atoms with Crippen LogP contribution in [0.2, 0.25) is 0 Å². The molecule has 4 aliphatic rings. The van der Waals surface area contributed by atoms with Gasteiger partial charge in [-0.2, -0.15) is 39.5 Å². The summed E-state index contributed by atoms with van der Waals surface area (Å²) in [6.07, 6.45) is -2.09. The molecule has 1 heterocycles. The van der Waals surface area contributed by atoms with E-state index in [9.17, 15) is 49.1 Å². The number of hydrogen-bond acceptors (Lipinski definition) is 2. The number of carbonyl (C=O) groups is 2. The van der Waals surface area contributed by atoms with Crippen molar-refractivity contribution < 1.29 is 49.1 Å². The van der Waals surface area contributed by atoms with Gasteiger partial charge in [0.1, 0.15) is 0 Å². The standard InChI is InChI=1S/C23H26F9NO2/c1-18-9-7-13-11(3-6-15-19(13,2)10-8-16(34)33-15)12(18)4-5-14(18)17(35)20(24,25)21(26,27)22(28,29)23(30,31)32/h8,10-15H,3-7,9H2,1-2H3,(H,33,34)/t11-,12-,13-,14+,15+,18-,19+/m0/s1. The van der Waals surface area contributed by atoms with Crippen molar-refractivity contribution in [2.24, 2.45) is 34.5 Å². The van der Waals surface area contributed by atoms with E-state index in [2.05, 4.69) is 5.32 Å². The van der Waals surface area contributed by atoms with Gasteiger partial charge in [-0.05, 0) is 67.8 Å². The van der Waals surface area contributed by atoms with E-state index in [1.165, 1.54) is 13.0 Å². The van der Waals surface area contributed by atoms with E-state index in [1.54, 1.807) is 0 Å². The lowest BCUT2D eigenvalue weighted by Crippen LogP contribution is -2.65. The summed E-state index contributed by atoms with van der Waals surface area (Å²) in [6, 6.07) is -0.142. The first-order chi connectivity index (χ1) is 15.8. The summed E-state index contributed by atoms with van der Waals surface area (Å²) >= 11 is 0. The Hall–Kier alpha value is -1.75. The number of Topliss-reactive ketones (excluding diaryl/α,β-unsaturated/α-hetero) is 1. The molecule has 35 heavy (non-hydrogen) atoms. The largest absolute Gasteiger partial charge is 0.460 e. The second-order valence-corrected chi connectivity index (χ2v) is 11.0. The van der Waals surface area contributed by atoms with E-state index in [0.717, 1.165) is 0 Å². The molecule has 7 atom stereocenters. The first-order valence-electron chi connectivity index (χ1n) is 11.6. The number of rotatable bonds is 4. The van der Waals surface area contributed by atoms with Gasteiger partial charge in [0.05, 0.1) is 0 Å². The van der Waals surface area contributed by atoms with Gasteiger partial charge in [0.15, 0.2) is 0 Å². The fourth-order valence-electron chi connectivity index (χ4n) is 7.51. The SMILES string of the molecule is C[C@]12C=CC(=O)N[C@@H]1CC[C@@H]1[C@@H]2CC[C@]2(C)[C@@H](C(=O)C(F)(F)C(F)(F)C(F)(F)C(F)(F)F)CC[C@@H]12. The monoisotopic (exact) mass is 519 g/mol. The number of amides is 1. The molecule has 3 aliphatic carbocycles. The highest BCUT2D eigenvalue weighted by molar-refractivity contribution is 5.90. The van der Waals surface area contributed by atoms with Crippen LogP contribution in [0.3, 0.4) is 0 Å². The van der Waals surface area contributed by atoms with Crippen LogP contribution < -0.4 is 5.32 Å². The van der Waals surface area contributed by atoms with Crippen LogP contribution in [0.25, 0.3) is 0 Å². The third-order valence-corrected chi connectivity index (χ3v) is 9.46. The molecule has 3 nitrogen and oxygen atoms in total. The molecular formula is C23H26F9NO2. The highest BCUT2D eigenvalue weighted by Crippen LogP contribution is 2.66. The van der Waals surface area contributed by atoms with Gasteiger partial charge >= 0.3 is 23.9 Å². The number of hydrogen-bond donors (Lipinski definition) is 1. The molecule has 3 fully saturated rings. The third kappa shape index (κ3) is 3.39. The zero-order chi connectivity index (χ0) is 26.4. The van der Waals surface area contributed by atoms with Crippen LogP contribution in [0.5, 0.6) is 0 Å². The molecule has 0 aromatic rings. The summed E-state index contributed by atoms with van der Waals surface area (Å²) in [7, 11) is 0. The molecule has 0 aromatic heterocycles. The second-order valence-electron chi connectivity index (χ2n) is 11.0. The first kappa shape index (κ1) is 26.3. The summed E-state index contributed by atoms with van der Waals surface area (Å²) < 4.78 is 121. The molecule has 0 unspecified atom stereocenters. The zero-order valence-corrected chi connectivity index (χ0v) is 19.0. The van der Waals surface area contributed by atoms with Crippen molar-refractivity contribution in [2.45, 2.75) is 82.4 Å². The highest BCUT2D eigenvalue weighted by Gasteiger charge is 2.84. The number of ketones is 1. The minimum atomic E-state index is -7.08. The smallest absolute Gasteiger partial charge is 0.349 e. The molecule has 1 amide bonds. The molecule has 0 spiro atoms. The van der Waals surface area contributed by atoms with Gasteiger partial charge in [0.2, 0.25) is 11.7 Å². The predicted molar refractivity (Wildman–Crippen MR) is 105 cm³/mol. The number of carbonyl (C=O) groups excluding carboxylic acids is 2. The first-order valence-corrected chi connectivity index (χ1v) is 11.6. The van der Waals surface area contributed by atoms with Crippen molar-refractivity contribution >= 4 is 11.7 Å². The predicted octanol–water partition coefficient (Wildman–Crippen LogP) is 5.94. The molecule has 0 bridgehead atoms. The highest BCUT2D eigenvalue weighted by atomic mass is 19.4. The van der Waals surface area contributed by atoms with Crippen LogP contribution in [-0.4, -0.2) is 41.7 Å². The normalized spacial score (nSPS) is 40.0. The summed E-state index contributed by atoms with van der Waals surface area (Å²) in [5.41, 5.74) is -1.68. The van der Waals surface area contributed by atoms with Crippen molar-refractivity contribution in [1.82, 2.24) is 5.32 Å². The van der Waals surface area contributed by atoms with Crippen molar-refractivity contribution in [3.05, 3.63) is 12.2 Å². The molecule has 0 radical (unpaired) electrons. The lowest BCUT2D eigenvalue weighted by molar-refractivity contribution is -0.389. The van der Waals surface area contributed by atoms with Gasteiger partial charge in [0.25, 0.3) is 0 Å². The van der Waals surface area contributed by atoms with Crippen molar-refractivity contribution in [3.63, 3.8) is 0 Å². The third-order valence-electron chi connectivity index (χ3n) is 9.46. The van der Waals surface area contributed by atoms with Crippen LogP contribution in [0, 0.1) is 34.5 Å². The number of halogens is 9. The Labute approximate surface area is 195 Å². The molecule has 12 heteroatoms. The Bertz CT molecular complexity index is 946. The number of nitrogens with one attached hydrogen (secondary N) is 1. The van der Waals surface area contributed by atoms with Gasteiger partial charge in [-0.1, -0.05) is 19.9 Å². The van der Waals surface area contributed by atoms with Crippen LogP contribution >= 0.6 is 0 Å². The quantitative estimate of drug-likeness (QED) is 0.468. The molecule has 1 N–H and O–H groups in total. The maximum Gasteiger partial charge on any atom is 0.460 e. The Morgan fingerprint density at radius 2 is 1.51 bits per heavy atom. The Kier molecular flexibility index (Phi) is 5.74. The van der Waals surface area contributed by atoms with E-state index >= 15 is 0 Å². The Morgan fingerprint density at radius 3 is 2.11 bits per heavy atom. The lowest BCUT2D eigenvalue weighted by atomic mass is 9.47. The van der Waals surface area contributed by atoms with Crippen LogP contribution in [0.15, 0.2) is 12.2 Å². The number of fused-ring (bicyclic) bond motifs is 5. The molecular weight excluding hydrogens is 493 g/mol. The fraction of sp³-hybridized carbons (Fsp3) is 0.826. The minimum absolute atomic E-state index is 0.00143. The molecule has 4 rings (SSSR count). The van der Waals surface area contributed by atoms with Crippen molar-refractivity contribution in [1.29, 1.82) is 0 Å². The molecule has 198 valence electrons. The van der Waals surface area contributed by atoms with E-state index in [-0.39, 0.29) is 49.0 Å². The molecule has 0 saturated heterocycles. The van der Waals surface area contributed by atoms with Crippen LogP contribution in [-0.2, 0) is 9.59 Å². The minimum Gasteiger partial charge on any atom is -0.349 e. The van der Waals surface area contributed by atoms with E-state index in [1.807, 2.05) is 13.0 Å². The van der Waals surface area contributed by atoms with Crippen molar-refractivity contribution in [2.75, 3.05) is 0 Å². The molecule has 1 aliphatic heterocycles. The van der Waals surface area contributed by atoms with E-state index in [0.29, 0.717) is 19.3 Å². The second kappa shape index (κ2) is 7.63. The zero-order valence-electron chi connectivity index (χ0n) is 19.0. The fourth-order valence-corrected chi connectivity index (χ4v) is 7.51. The topological polar surface area (TPSA) is 46.2 Å². The van der Waals surface area contributed by atoms with Crippen LogP contribution in [0.4, 0.5) is 39.5 Å². The van der Waals surface area contributed by atoms with E-state index < -0.39 is 46.5 Å².